The summed E-state index contributed by atoms with van der Waals surface area (Å²) >= 11 is 0. The average Bonchev–Trinajstić information content (AvgIpc) is 3.31. The molecule has 0 saturated heterocycles. The molecule has 0 aliphatic heterocycles. The van der Waals surface area contributed by atoms with Crippen molar-refractivity contribution in [1.29, 1.82) is 0 Å². The fraction of sp³-hybridized carbons (Fsp3) is 0.583. The molecular formula is C60H94O6. The Hall–Kier alpha value is -4.45. The van der Waals surface area contributed by atoms with Gasteiger partial charge >= 0.3 is 17.9 Å². The Morgan fingerprint density at radius 2 is 0.621 bits per heavy atom. The van der Waals surface area contributed by atoms with Crippen molar-refractivity contribution in [1.82, 2.24) is 0 Å². The number of allylic oxidation sites excluding steroid dienone is 22. The topological polar surface area (TPSA) is 78.9 Å². The van der Waals surface area contributed by atoms with E-state index < -0.39 is 6.10 Å². The van der Waals surface area contributed by atoms with Crippen molar-refractivity contribution in [2.45, 2.75) is 213 Å². The summed E-state index contributed by atoms with van der Waals surface area (Å²) in [6, 6.07) is 0. The number of esters is 3. The van der Waals surface area contributed by atoms with Gasteiger partial charge in [-0.05, 0) is 116 Å². The molecule has 0 spiro atoms. The number of carbonyl (C=O) groups is 3. The van der Waals surface area contributed by atoms with Crippen LogP contribution in [0.4, 0.5) is 0 Å². The molecule has 0 bridgehead atoms. The monoisotopic (exact) mass is 911 g/mol. The lowest BCUT2D eigenvalue weighted by molar-refractivity contribution is -0.166. The average molecular weight is 911 g/mol. The molecule has 0 amide bonds. The van der Waals surface area contributed by atoms with Gasteiger partial charge in [0, 0.05) is 19.3 Å². The van der Waals surface area contributed by atoms with Crippen LogP contribution in [0.1, 0.15) is 207 Å². The molecule has 0 radical (unpaired) electrons. The molecule has 6 nitrogen and oxygen atoms in total. The van der Waals surface area contributed by atoms with Crippen LogP contribution in [0.3, 0.4) is 0 Å². The summed E-state index contributed by atoms with van der Waals surface area (Å²) in [5.74, 6) is -1.05. The highest BCUT2D eigenvalue weighted by Gasteiger charge is 2.19. The van der Waals surface area contributed by atoms with Gasteiger partial charge in [0.25, 0.3) is 0 Å². The number of carbonyl (C=O) groups excluding carboxylic acids is 3. The Morgan fingerprint density at radius 3 is 1.02 bits per heavy atom. The van der Waals surface area contributed by atoms with E-state index in [1.807, 2.05) is 12.2 Å². The van der Waals surface area contributed by atoms with Crippen LogP contribution in [-0.4, -0.2) is 37.2 Å². The maximum atomic E-state index is 12.8. The van der Waals surface area contributed by atoms with E-state index >= 15 is 0 Å². The van der Waals surface area contributed by atoms with Gasteiger partial charge in [0.15, 0.2) is 6.10 Å². The zero-order chi connectivity index (χ0) is 47.9. The molecule has 0 fully saturated rings. The van der Waals surface area contributed by atoms with Crippen LogP contribution in [0.25, 0.3) is 0 Å². The van der Waals surface area contributed by atoms with Crippen LogP contribution in [0.15, 0.2) is 134 Å². The summed E-state index contributed by atoms with van der Waals surface area (Å²) in [7, 11) is 0. The van der Waals surface area contributed by atoms with Crippen molar-refractivity contribution in [3.05, 3.63) is 134 Å². The lowest BCUT2D eigenvalue weighted by atomic mass is 10.1. The molecule has 0 N–H and O–H groups in total. The molecule has 370 valence electrons. The second-order valence-corrected chi connectivity index (χ2v) is 16.7. The normalized spacial score (nSPS) is 13.2. The number of rotatable bonds is 45. The number of hydrogen-bond acceptors (Lipinski definition) is 6. The van der Waals surface area contributed by atoms with Gasteiger partial charge in [0.2, 0.25) is 0 Å². The second-order valence-electron chi connectivity index (χ2n) is 16.7. The molecule has 1 atom stereocenters. The standard InChI is InChI=1S/C60H94O6/c1-4-7-10-13-16-19-22-25-27-28-29-30-31-32-33-36-38-41-44-47-50-53-59(62)65-56-57(55-64-58(61)52-49-46-43-40-37-34-24-21-18-15-12-9-6-3)66-60(63)54-51-48-45-42-39-35-26-23-20-17-14-11-8-5-2/h7,9-10,12,14,16-19,21,23,25-27,29-30,32-34,37,43,46,57H,4-6,8,11,13,15,20,22,24,28,31,35-36,38-42,44-45,47-56H2,1-3H3/b10-7-,12-9-,17-14-,19-16-,21-18-,26-23-,27-25-,30-29-,33-32-,37-34-,46-43-. The first-order valence-corrected chi connectivity index (χ1v) is 26.2. The minimum Gasteiger partial charge on any atom is -0.462 e. The van der Waals surface area contributed by atoms with Crippen molar-refractivity contribution in [2.75, 3.05) is 13.2 Å². The van der Waals surface area contributed by atoms with E-state index in [1.54, 1.807) is 0 Å². The van der Waals surface area contributed by atoms with Gasteiger partial charge in [-0.15, -0.1) is 0 Å². The van der Waals surface area contributed by atoms with Gasteiger partial charge in [-0.2, -0.15) is 0 Å². The largest absolute Gasteiger partial charge is 0.462 e. The second kappa shape index (κ2) is 53.2. The molecule has 1 unspecified atom stereocenters. The smallest absolute Gasteiger partial charge is 0.306 e. The maximum absolute atomic E-state index is 12.8. The van der Waals surface area contributed by atoms with Gasteiger partial charge in [-0.3, -0.25) is 14.4 Å². The van der Waals surface area contributed by atoms with Crippen molar-refractivity contribution < 1.29 is 28.6 Å². The van der Waals surface area contributed by atoms with Gasteiger partial charge in [-0.25, -0.2) is 0 Å². The predicted octanol–water partition coefficient (Wildman–Crippen LogP) is 17.5. The third-order valence-electron chi connectivity index (χ3n) is 10.4. The van der Waals surface area contributed by atoms with E-state index in [4.69, 9.17) is 14.2 Å². The molecule has 0 aliphatic carbocycles. The summed E-state index contributed by atoms with van der Waals surface area (Å²) in [5, 5.41) is 0. The van der Waals surface area contributed by atoms with E-state index in [0.29, 0.717) is 12.8 Å². The van der Waals surface area contributed by atoms with Crippen LogP contribution >= 0.6 is 0 Å². The molecule has 6 heteroatoms. The summed E-state index contributed by atoms with van der Waals surface area (Å²) in [4.78, 5) is 38.0. The molecule has 0 aromatic heterocycles. The molecule has 0 heterocycles. The van der Waals surface area contributed by atoms with Crippen LogP contribution in [-0.2, 0) is 28.6 Å². The molecule has 0 saturated carbocycles. The summed E-state index contributed by atoms with van der Waals surface area (Å²) in [6.45, 7) is 6.25. The summed E-state index contributed by atoms with van der Waals surface area (Å²) in [5.41, 5.74) is 0. The lowest BCUT2D eigenvalue weighted by Crippen LogP contribution is -2.30. The van der Waals surface area contributed by atoms with E-state index in [2.05, 4.69) is 142 Å². The van der Waals surface area contributed by atoms with E-state index in [1.165, 1.54) is 19.3 Å². The van der Waals surface area contributed by atoms with Crippen molar-refractivity contribution in [3.63, 3.8) is 0 Å². The Bertz CT molecular complexity index is 1460. The van der Waals surface area contributed by atoms with Crippen molar-refractivity contribution in [2.24, 2.45) is 0 Å². The van der Waals surface area contributed by atoms with Crippen LogP contribution in [0.2, 0.25) is 0 Å². The van der Waals surface area contributed by atoms with Gasteiger partial charge in [0.05, 0.1) is 0 Å². The zero-order valence-corrected chi connectivity index (χ0v) is 42.1. The molecule has 0 rings (SSSR count). The van der Waals surface area contributed by atoms with Crippen LogP contribution in [0.5, 0.6) is 0 Å². The number of unbranched alkanes of at least 4 members (excludes halogenated alkanes) is 12. The molecule has 0 aromatic rings. The van der Waals surface area contributed by atoms with Crippen molar-refractivity contribution >= 4 is 17.9 Å². The third kappa shape index (κ3) is 50.5. The van der Waals surface area contributed by atoms with Crippen molar-refractivity contribution in [3.8, 4) is 0 Å². The highest BCUT2D eigenvalue weighted by Crippen LogP contribution is 2.12. The highest BCUT2D eigenvalue weighted by atomic mass is 16.6. The SMILES string of the molecule is CC/C=C\C/C=C\C/C=C\C/C=C\C/C=C\CCCCCCCC(=O)OCC(COC(=O)CC/C=C\C/C=C\C/C=C\C/C=C\CC)OC(=O)CCCCCCC/C=C\C/C=C\CCCC. The molecular weight excluding hydrogens is 817 g/mol. The number of ether oxygens (including phenoxy) is 3. The zero-order valence-electron chi connectivity index (χ0n) is 42.1. The quantitative estimate of drug-likeness (QED) is 0.0262. The Labute approximate surface area is 405 Å². The highest BCUT2D eigenvalue weighted by molar-refractivity contribution is 5.71. The summed E-state index contributed by atoms with van der Waals surface area (Å²) in [6.07, 6.45) is 74.5. The predicted molar refractivity (Wildman–Crippen MR) is 283 cm³/mol. The Morgan fingerprint density at radius 1 is 0.318 bits per heavy atom. The van der Waals surface area contributed by atoms with E-state index in [9.17, 15) is 14.4 Å². The fourth-order valence-electron chi connectivity index (χ4n) is 6.50. The first kappa shape index (κ1) is 61.5. The van der Waals surface area contributed by atoms with Gasteiger partial charge in [-0.1, -0.05) is 206 Å². The third-order valence-corrected chi connectivity index (χ3v) is 10.4. The first-order valence-electron chi connectivity index (χ1n) is 26.2. The van der Waals surface area contributed by atoms with Crippen LogP contribution in [0, 0.1) is 0 Å². The first-order chi connectivity index (χ1) is 32.5. The molecule has 66 heavy (non-hydrogen) atoms. The van der Waals surface area contributed by atoms with E-state index in [0.717, 1.165) is 141 Å². The maximum Gasteiger partial charge on any atom is 0.306 e. The minimum absolute atomic E-state index is 0.121. The lowest BCUT2D eigenvalue weighted by Gasteiger charge is -2.18. The van der Waals surface area contributed by atoms with E-state index in [-0.39, 0.29) is 44.0 Å². The minimum atomic E-state index is -0.827. The van der Waals surface area contributed by atoms with Crippen LogP contribution < -0.4 is 0 Å². The number of hydrogen-bond donors (Lipinski definition) is 0. The molecule has 0 aliphatic rings. The van der Waals surface area contributed by atoms with Gasteiger partial charge in [0.1, 0.15) is 13.2 Å². The molecule has 0 aromatic carbocycles. The summed E-state index contributed by atoms with van der Waals surface area (Å²) < 4.78 is 16.7. The Balaban J connectivity index is 4.51. The Kier molecular flexibility index (Phi) is 49.6. The fourth-order valence-corrected chi connectivity index (χ4v) is 6.50. The van der Waals surface area contributed by atoms with Gasteiger partial charge < -0.3 is 14.2 Å².